The fraction of sp³-hybridized carbons (Fsp3) is 0.333. The summed E-state index contributed by atoms with van der Waals surface area (Å²) in [5, 5.41) is 0. The second-order valence-electron chi connectivity index (χ2n) is 6.66. The van der Waals surface area contributed by atoms with Crippen LogP contribution in [0, 0.1) is 6.92 Å². The Hall–Kier alpha value is -1.65. The van der Waals surface area contributed by atoms with Crippen molar-refractivity contribution in [3.8, 4) is 0 Å². The third-order valence-corrected chi connectivity index (χ3v) is 5.90. The van der Waals surface area contributed by atoms with Gasteiger partial charge in [-0.05, 0) is 42.0 Å². The molecule has 2 aromatic carbocycles. The smallest absolute Gasteiger partial charge is 0.207 e. The van der Waals surface area contributed by atoms with Gasteiger partial charge < -0.3 is 0 Å². The Morgan fingerprint density at radius 2 is 1.68 bits per heavy atom. The zero-order valence-electron chi connectivity index (χ0n) is 13.1. The lowest BCUT2D eigenvalue weighted by molar-refractivity contribution is 0.459. The molecular weight excluding hydrogens is 294 g/mol. The van der Waals surface area contributed by atoms with Gasteiger partial charge in [-0.2, -0.15) is 0 Å². The van der Waals surface area contributed by atoms with Crippen LogP contribution in [0.5, 0.6) is 0 Å². The first-order chi connectivity index (χ1) is 10.3. The number of benzene rings is 2. The van der Waals surface area contributed by atoms with Crippen LogP contribution in [-0.4, -0.2) is 8.42 Å². The van der Waals surface area contributed by atoms with Crippen LogP contribution >= 0.6 is 0 Å². The molecule has 0 bridgehead atoms. The van der Waals surface area contributed by atoms with E-state index in [9.17, 15) is 8.42 Å². The average molecular weight is 315 g/mol. The Bertz CT molecular complexity index is 792. The Morgan fingerprint density at radius 3 is 2.36 bits per heavy atom. The molecule has 0 heterocycles. The van der Waals surface area contributed by atoms with Crippen molar-refractivity contribution in [2.45, 2.75) is 43.5 Å². The summed E-state index contributed by atoms with van der Waals surface area (Å²) >= 11 is 0. The van der Waals surface area contributed by atoms with E-state index in [1.165, 1.54) is 5.56 Å². The van der Waals surface area contributed by atoms with Crippen molar-refractivity contribution in [2.75, 3.05) is 0 Å². The minimum atomic E-state index is -3.50. The standard InChI is InChI=1S/C18H21NO2S/c1-13-8-10-14(11-9-13)22(20,21)19-17-12-18(2,3)16-7-5-4-6-15(16)17/h4-11,17,19H,12H2,1-3H3/t17-/m0/s1. The maximum Gasteiger partial charge on any atom is 0.241 e. The van der Waals surface area contributed by atoms with Crippen LogP contribution in [0.2, 0.25) is 0 Å². The van der Waals surface area contributed by atoms with Gasteiger partial charge in [-0.25, -0.2) is 13.1 Å². The second kappa shape index (κ2) is 5.21. The van der Waals surface area contributed by atoms with Crippen LogP contribution in [0.1, 0.15) is 43.0 Å². The molecule has 0 aliphatic heterocycles. The van der Waals surface area contributed by atoms with Gasteiger partial charge in [0.25, 0.3) is 0 Å². The molecule has 22 heavy (non-hydrogen) atoms. The number of fused-ring (bicyclic) bond motifs is 1. The van der Waals surface area contributed by atoms with E-state index in [2.05, 4.69) is 24.6 Å². The van der Waals surface area contributed by atoms with Crippen molar-refractivity contribution in [3.05, 3.63) is 65.2 Å². The van der Waals surface area contributed by atoms with Crippen LogP contribution in [0.3, 0.4) is 0 Å². The summed E-state index contributed by atoms with van der Waals surface area (Å²) in [5.74, 6) is 0. The number of hydrogen-bond donors (Lipinski definition) is 1. The largest absolute Gasteiger partial charge is 0.241 e. The van der Waals surface area contributed by atoms with Gasteiger partial charge >= 0.3 is 0 Å². The summed E-state index contributed by atoms with van der Waals surface area (Å²) in [6, 6.07) is 14.9. The molecule has 0 aromatic heterocycles. The lowest BCUT2D eigenvalue weighted by atomic mass is 9.87. The van der Waals surface area contributed by atoms with Crippen molar-refractivity contribution < 1.29 is 8.42 Å². The number of nitrogens with one attached hydrogen (secondary N) is 1. The third kappa shape index (κ3) is 2.69. The predicted octanol–water partition coefficient (Wildman–Crippen LogP) is 3.70. The van der Waals surface area contributed by atoms with Crippen LogP contribution in [-0.2, 0) is 15.4 Å². The molecule has 0 spiro atoms. The van der Waals surface area contributed by atoms with Gasteiger partial charge in [0.1, 0.15) is 0 Å². The molecule has 0 saturated carbocycles. The van der Waals surface area contributed by atoms with Gasteiger partial charge in [0.2, 0.25) is 10.0 Å². The molecule has 1 atom stereocenters. The molecule has 0 fully saturated rings. The van der Waals surface area contributed by atoms with E-state index in [1.807, 2.05) is 37.3 Å². The molecule has 1 aliphatic carbocycles. The van der Waals surface area contributed by atoms with Gasteiger partial charge in [-0.15, -0.1) is 0 Å². The minimum Gasteiger partial charge on any atom is -0.207 e. The van der Waals surface area contributed by atoms with Crippen molar-refractivity contribution in [3.63, 3.8) is 0 Å². The molecule has 3 rings (SSSR count). The molecule has 116 valence electrons. The Morgan fingerprint density at radius 1 is 1.05 bits per heavy atom. The van der Waals surface area contributed by atoms with Crippen LogP contribution in [0.4, 0.5) is 0 Å². The lowest BCUT2D eigenvalue weighted by Crippen LogP contribution is -2.28. The first-order valence-corrected chi connectivity index (χ1v) is 8.96. The summed E-state index contributed by atoms with van der Waals surface area (Å²) in [5.41, 5.74) is 3.35. The van der Waals surface area contributed by atoms with E-state index in [-0.39, 0.29) is 11.5 Å². The first kappa shape index (κ1) is 15.3. The highest BCUT2D eigenvalue weighted by atomic mass is 32.2. The van der Waals surface area contributed by atoms with E-state index in [0.717, 1.165) is 17.5 Å². The van der Waals surface area contributed by atoms with Crippen molar-refractivity contribution in [1.82, 2.24) is 4.72 Å². The lowest BCUT2D eigenvalue weighted by Gasteiger charge is -2.19. The van der Waals surface area contributed by atoms with Crippen LogP contribution in [0.25, 0.3) is 0 Å². The Labute approximate surface area is 132 Å². The predicted molar refractivity (Wildman–Crippen MR) is 88.3 cm³/mol. The van der Waals surface area contributed by atoms with Gasteiger partial charge in [0.15, 0.2) is 0 Å². The zero-order chi connectivity index (χ0) is 16.0. The maximum atomic E-state index is 12.6. The first-order valence-electron chi connectivity index (χ1n) is 7.48. The molecule has 3 nitrogen and oxygen atoms in total. The Kier molecular flexibility index (Phi) is 3.62. The molecule has 0 radical (unpaired) electrons. The van der Waals surface area contributed by atoms with Crippen molar-refractivity contribution in [2.24, 2.45) is 0 Å². The van der Waals surface area contributed by atoms with Gasteiger partial charge in [-0.3, -0.25) is 0 Å². The topological polar surface area (TPSA) is 46.2 Å². The molecule has 0 saturated heterocycles. The van der Waals surface area contributed by atoms with E-state index in [0.29, 0.717) is 4.90 Å². The summed E-state index contributed by atoms with van der Waals surface area (Å²) in [7, 11) is -3.50. The number of aryl methyl sites for hydroxylation is 1. The SMILES string of the molecule is Cc1ccc(S(=O)(=O)N[C@H]2CC(C)(C)c3ccccc32)cc1. The van der Waals surface area contributed by atoms with E-state index < -0.39 is 10.0 Å². The number of sulfonamides is 1. The summed E-state index contributed by atoms with van der Waals surface area (Å²) in [6.07, 6.45) is 0.775. The van der Waals surface area contributed by atoms with Gasteiger partial charge in [0.05, 0.1) is 4.90 Å². The molecule has 0 amide bonds. The van der Waals surface area contributed by atoms with Gasteiger partial charge in [-0.1, -0.05) is 55.8 Å². The summed E-state index contributed by atoms with van der Waals surface area (Å²) in [6.45, 7) is 6.26. The Balaban J connectivity index is 1.92. The monoisotopic (exact) mass is 315 g/mol. The summed E-state index contributed by atoms with van der Waals surface area (Å²) in [4.78, 5) is 0.320. The van der Waals surface area contributed by atoms with E-state index in [1.54, 1.807) is 12.1 Å². The van der Waals surface area contributed by atoms with Crippen LogP contribution in [0.15, 0.2) is 53.4 Å². The fourth-order valence-corrected chi connectivity index (χ4v) is 4.44. The number of hydrogen-bond acceptors (Lipinski definition) is 2. The number of rotatable bonds is 3. The van der Waals surface area contributed by atoms with E-state index >= 15 is 0 Å². The highest BCUT2D eigenvalue weighted by Gasteiger charge is 2.38. The second-order valence-corrected chi connectivity index (χ2v) is 8.38. The van der Waals surface area contributed by atoms with E-state index in [4.69, 9.17) is 0 Å². The minimum absolute atomic E-state index is 0.0168. The van der Waals surface area contributed by atoms with Gasteiger partial charge in [0, 0.05) is 6.04 Å². The molecular formula is C18H21NO2S. The highest BCUT2D eigenvalue weighted by molar-refractivity contribution is 7.89. The average Bonchev–Trinajstić information content (AvgIpc) is 2.71. The third-order valence-electron chi connectivity index (χ3n) is 4.41. The zero-order valence-corrected chi connectivity index (χ0v) is 13.9. The van der Waals surface area contributed by atoms with Crippen molar-refractivity contribution >= 4 is 10.0 Å². The quantitative estimate of drug-likeness (QED) is 0.939. The summed E-state index contributed by atoms with van der Waals surface area (Å²) < 4.78 is 28.1. The molecule has 0 unspecified atom stereocenters. The molecule has 2 aromatic rings. The highest BCUT2D eigenvalue weighted by Crippen LogP contribution is 2.44. The molecule has 4 heteroatoms. The fourth-order valence-electron chi connectivity index (χ4n) is 3.23. The normalized spacial score (nSPS) is 19.9. The molecule has 1 N–H and O–H groups in total. The van der Waals surface area contributed by atoms with Crippen LogP contribution < -0.4 is 4.72 Å². The van der Waals surface area contributed by atoms with Crippen molar-refractivity contribution in [1.29, 1.82) is 0 Å². The maximum absolute atomic E-state index is 12.6. The molecule has 1 aliphatic rings.